The van der Waals surface area contributed by atoms with E-state index in [2.05, 4.69) is 4.98 Å². The van der Waals surface area contributed by atoms with Crippen molar-refractivity contribution in [2.75, 3.05) is 0 Å². The summed E-state index contributed by atoms with van der Waals surface area (Å²) in [5, 5.41) is -0.469. The van der Waals surface area contributed by atoms with Crippen molar-refractivity contribution in [3.63, 3.8) is 0 Å². The van der Waals surface area contributed by atoms with Crippen LogP contribution in [0.5, 0.6) is 0 Å². The van der Waals surface area contributed by atoms with E-state index >= 15 is 0 Å². The van der Waals surface area contributed by atoms with Crippen LogP contribution in [0.2, 0.25) is 0 Å². The molecule has 6 aromatic carbocycles. The number of nitrogens with zero attached hydrogens (tertiary/aromatic N) is 3. The summed E-state index contributed by atoms with van der Waals surface area (Å²) in [6, 6.07) is 22.5. The second-order valence-corrected chi connectivity index (χ2v) is 9.38. The van der Waals surface area contributed by atoms with Crippen LogP contribution in [0, 0.1) is 0 Å². The zero-order valence-electron chi connectivity index (χ0n) is 30.3. The fourth-order valence-corrected chi connectivity index (χ4v) is 4.80. The highest BCUT2D eigenvalue weighted by Gasteiger charge is 2.15. The number of hydrogen-bond acceptors (Lipinski definition) is 4. The lowest BCUT2D eigenvalue weighted by Crippen LogP contribution is -2.00. The molecule has 41 heavy (non-hydrogen) atoms. The van der Waals surface area contributed by atoms with Crippen molar-refractivity contribution < 1.29 is 16.8 Å². The summed E-state index contributed by atoms with van der Waals surface area (Å²) in [4.78, 5) is 14.1. The SMILES string of the molecule is [2H]c1c([2H])c([2H])c2c(oc3c4c([2H])c([2H])c(-c5nc(-c6ccccc6)nc(-c6ccc(-c7ccccc7)cc6)n5)c([2H])c4c([2H])c([2H])c32)c1[2H]. The predicted molar refractivity (Wildman–Crippen MR) is 166 cm³/mol. The quantitative estimate of drug-likeness (QED) is 0.226. The molecule has 0 fully saturated rings. The minimum absolute atomic E-state index is 0.0680. The van der Waals surface area contributed by atoms with Gasteiger partial charge in [0.2, 0.25) is 0 Å². The van der Waals surface area contributed by atoms with Gasteiger partial charge in [0.05, 0.1) is 12.3 Å². The van der Waals surface area contributed by atoms with Crippen molar-refractivity contribution in [3.05, 3.63) is 139 Å². The smallest absolute Gasteiger partial charge is 0.164 e. The third kappa shape index (κ3) is 4.14. The summed E-state index contributed by atoms with van der Waals surface area (Å²) in [7, 11) is 0. The molecule has 0 aliphatic rings. The van der Waals surface area contributed by atoms with E-state index in [4.69, 9.17) is 25.4 Å². The molecule has 0 saturated carbocycles. The number of benzene rings is 6. The summed E-state index contributed by atoms with van der Waals surface area (Å²) in [5.41, 5.74) is 2.78. The van der Waals surface area contributed by atoms with Gasteiger partial charge in [0.1, 0.15) is 11.2 Å². The van der Waals surface area contributed by atoms with E-state index in [1.807, 2.05) is 84.9 Å². The molecule has 0 unspecified atom stereocenters. The maximum Gasteiger partial charge on any atom is 0.164 e. The van der Waals surface area contributed by atoms with Gasteiger partial charge in [0.15, 0.2) is 17.5 Å². The highest BCUT2D eigenvalue weighted by atomic mass is 16.3. The van der Waals surface area contributed by atoms with Crippen LogP contribution in [-0.2, 0) is 0 Å². The van der Waals surface area contributed by atoms with Gasteiger partial charge in [-0.2, -0.15) is 0 Å². The van der Waals surface area contributed by atoms with Gasteiger partial charge in [-0.05, 0) is 40.7 Å². The molecule has 8 rings (SSSR count). The van der Waals surface area contributed by atoms with Crippen molar-refractivity contribution in [3.8, 4) is 45.3 Å². The van der Waals surface area contributed by atoms with Gasteiger partial charge >= 0.3 is 0 Å². The predicted octanol–water partition coefficient (Wildman–Crippen LogP) is 9.59. The minimum Gasteiger partial charge on any atom is -0.455 e. The molecule has 0 aliphatic heterocycles. The topological polar surface area (TPSA) is 51.8 Å². The number of rotatable bonds is 4. The first-order valence-corrected chi connectivity index (χ1v) is 12.9. The van der Waals surface area contributed by atoms with Crippen molar-refractivity contribution >= 4 is 32.7 Å². The van der Waals surface area contributed by atoms with Gasteiger partial charge in [0, 0.05) is 32.8 Å². The van der Waals surface area contributed by atoms with Crippen LogP contribution in [0.25, 0.3) is 78.0 Å². The second kappa shape index (κ2) is 9.54. The first-order chi connectivity index (χ1) is 24.1. The van der Waals surface area contributed by atoms with E-state index in [1.165, 1.54) is 0 Å². The van der Waals surface area contributed by atoms with Crippen molar-refractivity contribution in [2.24, 2.45) is 0 Å². The van der Waals surface area contributed by atoms with Gasteiger partial charge in [-0.15, -0.1) is 0 Å². The van der Waals surface area contributed by atoms with E-state index < -0.39 is 48.3 Å². The van der Waals surface area contributed by atoms with Crippen LogP contribution in [0.3, 0.4) is 0 Å². The number of hydrogen-bond donors (Lipinski definition) is 0. The standard InChI is InChI=1S/C37H23N3O/c1-3-9-24(10-4-1)25-15-17-27(18-16-25)36-38-35(26-11-5-2-6-12-26)39-37(40-36)29-20-21-30-28(23-29)19-22-32-31-13-7-8-14-33(31)41-34(30)32/h1-23H/i7D,8D,13D,14D,19D,20D,21D,22D,23D. The fraction of sp³-hybridized carbons (Fsp3) is 0. The third-order valence-corrected chi connectivity index (χ3v) is 6.83. The summed E-state index contributed by atoms with van der Waals surface area (Å²) < 4.78 is 84.5. The van der Waals surface area contributed by atoms with Crippen LogP contribution in [-0.4, -0.2) is 15.0 Å². The first-order valence-electron chi connectivity index (χ1n) is 17.4. The molecule has 0 N–H and O–H groups in total. The molecular weight excluding hydrogens is 502 g/mol. The van der Waals surface area contributed by atoms with Crippen LogP contribution in [0.4, 0.5) is 0 Å². The Balaban J connectivity index is 1.40. The maximum atomic E-state index is 9.31. The number of furan rings is 1. The zero-order chi connectivity index (χ0) is 35.0. The highest BCUT2D eigenvalue weighted by Crippen LogP contribution is 2.35. The van der Waals surface area contributed by atoms with E-state index in [9.17, 15) is 1.37 Å². The third-order valence-electron chi connectivity index (χ3n) is 6.83. The second-order valence-electron chi connectivity index (χ2n) is 9.38. The molecule has 8 aromatic rings. The van der Waals surface area contributed by atoms with Crippen molar-refractivity contribution in [1.29, 1.82) is 0 Å². The largest absolute Gasteiger partial charge is 0.455 e. The number of fused-ring (bicyclic) bond motifs is 5. The Labute approximate surface area is 249 Å². The van der Waals surface area contributed by atoms with E-state index in [0.717, 1.165) is 11.1 Å². The molecule has 2 heterocycles. The molecule has 4 nitrogen and oxygen atoms in total. The molecule has 0 aliphatic carbocycles. The average molecular weight is 535 g/mol. The molecule has 0 saturated heterocycles. The molecule has 0 atom stereocenters. The van der Waals surface area contributed by atoms with Gasteiger partial charge in [0.25, 0.3) is 0 Å². The Morgan fingerprint density at radius 1 is 0.463 bits per heavy atom. The van der Waals surface area contributed by atoms with Gasteiger partial charge in [-0.3, -0.25) is 0 Å². The van der Waals surface area contributed by atoms with Gasteiger partial charge < -0.3 is 4.42 Å². The van der Waals surface area contributed by atoms with Crippen molar-refractivity contribution in [1.82, 2.24) is 15.0 Å². The van der Waals surface area contributed by atoms with Gasteiger partial charge in [-0.1, -0.05) is 115 Å². The Morgan fingerprint density at radius 3 is 1.76 bits per heavy atom. The van der Waals surface area contributed by atoms with Crippen LogP contribution < -0.4 is 0 Å². The van der Waals surface area contributed by atoms with Crippen LogP contribution in [0.15, 0.2) is 144 Å². The van der Waals surface area contributed by atoms with E-state index in [-0.39, 0.29) is 61.8 Å². The summed E-state index contributed by atoms with van der Waals surface area (Å²) in [5.74, 6) is 0.468. The van der Waals surface area contributed by atoms with Crippen LogP contribution >= 0.6 is 0 Å². The molecule has 0 bridgehead atoms. The molecule has 0 radical (unpaired) electrons. The molecule has 2 aromatic heterocycles. The Hall–Kier alpha value is -5.61. The summed E-state index contributed by atoms with van der Waals surface area (Å²) in [6.07, 6.45) is 0. The zero-order valence-corrected chi connectivity index (χ0v) is 21.3. The molecule has 192 valence electrons. The first kappa shape index (κ1) is 15.8. The fourth-order valence-electron chi connectivity index (χ4n) is 4.80. The highest BCUT2D eigenvalue weighted by molar-refractivity contribution is 6.15. The normalized spacial score (nSPS) is 14.5. The van der Waals surface area contributed by atoms with Gasteiger partial charge in [-0.25, -0.2) is 15.0 Å². The van der Waals surface area contributed by atoms with Crippen molar-refractivity contribution in [2.45, 2.75) is 0 Å². The molecule has 4 heteroatoms. The molecule has 0 spiro atoms. The minimum atomic E-state index is -0.534. The number of aromatic nitrogens is 3. The van der Waals surface area contributed by atoms with E-state index in [0.29, 0.717) is 11.1 Å². The van der Waals surface area contributed by atoms with E-state index in [1.54, 1.807) is 0 Å². The number of para-hydroxylation sites is 1. The lowest BCUT2D eigenvalue weighted by atomic mass is 10.0. The summed E-state index contributed by atoms with van der Waals surface area (Å²) in [6.45, 7) is 0. The Morgan fingerprint density at radius 2 is 1.02 bits per heavy atom. The molecule has 0 amide bonds. The Bertz CT molecular complexity index is 2680. The monoisotopic (exact) mass is 534 g/mol. The van der Waals surface area contributed by atoms with Crippen LogP contribution in [0.1, 0.15) is 12.3 Å². The molecular formula is C37H23N3O. The maximum absolute atomic E-state index is 9.31. The Kier molecular flexibility index (Phi) is 3.69. The average Bonchev–Trinajstić information content (AvgIpc) is 3.55. The lowest BCUT2D eigenvalue weighted by Gasteiger charge is -2.10. The summed E-state index contributed by atoms with van der Waals surface area (Å²) >= 11 is 0. The lowest BCUT2D eigenvalue weighted by molar-refractivity contribution is 0.672.